The highest BCUT2D eigenvalue weighted by atomic mass is 35.5. The van der Waals surface area contributed by atoms with Gasteiger partial charge >= 0.3 is 5.97 Å². The van der Waals surface area contributed by atoms with Crippen LogP contribution >= 0.6 is 11.6 Å². The Kier molecular flexibility index (Phi) is 3.58. The number of hydrogen-bond acceptors (Lipinski definition) is 3. The van der Waals surface area contributed by atoms with Crippen molar-refractivity contribution in [3.63, 3.8) is 0 Å². The van der Waals surface area contributed by atoms with Crippen molar-refractivity contribution in [1.82, 2.24) is 0 Å². The normalized spacial score (nSPS) is 17.3. The Balaban J connectivity index is 2.14. The largest absolute Gasteiger partial charge is 0.481 e. The number of nitrogens with zero attached hydrogens (tertiary/aromatic N) is 1. The molecule has 0 amide bonds. The first-order valence-electron chi connectivity index (χ1n) is 6.52. The molecular weight excluding hydrogens is 326 g/mol. The zero-order valence-corrected chi connectivity index (χ0v) is 12.9. The van der Waals surface area contributed by atoms with Crippen LogP contribution in [0.5, 0.6) is 0 Å². The highest BCUT2D eigenvalue weighted by Crippen LogP contribution is 2.40. The number of para-hydroxylation sites is 1. The molecule has 0 saturated carbocycles. The molecular formula is C15H12ClNO4S. The van der Waals surface area contributed by atoms with Gasteiger partial charge in [0.2, 0.25) is 0 Å². The van der Waals surface area contributed by atoms with Crippen LogP contribution in [0.3, 0.4) is 0 Å². The number of rotatable bonds is 3. The van der Waals surface area contributed by atoms with Gasteiger partial charge in [0.1, 0.15) is 10.8 Å². The molecule has 1 aliphatic rings. The summed E-state index contributed by atoms with van der Waals surface area (Å²) in [6, 6.07) is 12.7. The zero-order chi connectivity index (χ0) is 15.9. The van der Waals surface area contributed by atoms with E-state index in [1.807, 2.05) is 0 Å². The summed E-state index contributed by atoms with van der Waals surface area (Å²) in [6.45, 7) is -0.137. The predicted molar refractivity (Wildman–Crippen MR) is 82.8 cm³/mol. The fraction of sp³-hybridized carbons (Fsp3) is 0.133. The lowest BCUT2D eigenvalue weighted by Gasteiger charge is -2.20. The minimum absolute atomic E-state index is 0.0301. The lowest BCUT2D eigenvalue weighted by molar-refractivity contribution is -0.138. The van der Waals surface area contributed by atoms with Crippen LogP contribution in [0.1, 0.15) is 11.5 Å². The zero-order valence-electron chi connectivity index (χ0n) is 11.3. The van der Waals surface area contributed by atoms with Crippen LogP contribution < -0.4 is 4.31 Å². The monoisotopic (exact) mass is 337 g/mol. The minimum atomic E-state index is -3.91. The molecule has 0 bridgehead atoms. The van der Waals surface area contributed by atoms with E-state index in [0.29, 0.717) is 11.3 Å². The number of sulfonamides is 1. The molecule has 1 heterocycles. The molecule has 114 valence electrons. The van der Waals surface area contributed by atoms with E-state index in [2.05, 4.69) is 0 Å². The minimum Gasteiger partial charge on any atom is -0.481 e. The molecule has 1 N–H and O–H groups in total. The molecule has 3 rings (SSSR count). The van der Waals surface area contributed by atoms with Gasteiger partial charge in [0, 0.05) is 0 Å². The molecule has 2 aromatic rings. The molecule has 1 aliphatic heterocycles. The number of hydrogen-bond donors (Lipinski definition) is 1. The topological polar surface area (TPSA) is 74.7 Å². The quantitative estimate of drug-likeness (QED) is 0.934. The average molecular weight is 338 g/mol. The van der Waals surface area contributed by atoms with Crippen molar-refractivity contribution in [3.05, 3.63) is 59.1 Å². The first-order valence-corrected chi connectivity index (χ1v) is 8.33. The van der Waals surface area contributed by atoms with Crippen LogP contribution in [-0.2, 0) is 14.8 Å². The second kappa shape index (κ2) is 5.30. The highest BCUT2D eigenvalue weighted by molar-refractivity contribution is 7.93. The van der Waals surface area contributed by atoms with Crippen molar-refractivity contribution >= 4 is 33.3 Å². The Morgan fingerprint density at radius 3 is 2.45 bits per heavy atom. The first-order chi connectivity index (χ1) is 10.4. The van der Waals surface area contributed by atoms with Crippen molar-refractivity contribution in [2.75, 3.05) is 10.8 Å². The van der Waals surface area contributed by atoms with Gasteiger partial charge in [0.15, 0.2) is 0 Å². The molecule has 1 atom stereocenters. The highest BCUT2D eigenvalue weighted by Gasteiger charge is 2.40. The van der Waals surface area contributed by atoms with Gasteiger partial charge in [0.05, 0.1) is 17.3 Å². The summed E-state index contributed by atoms with van der Waals surface area (Å²) in [4.78, 5) is 11.4. The molecule has 2 aromatic carbocycles. The number of carboxylic acids is 1. The Labute approximate surface area is 132 Å². The summed E-state index contributed by atoms with van der Waals surface area (Å²) in [5, 5.41) is 9.43. The summed E-state index contributed by atoms with van der Waals surface area (Å²) >= 11 is 5.99. The summed E-state index contributed by atoms with van der Waals surface area (Å²) in [5.74, 6) is -1.93. The number of aliphatic carboxylic acids is 1. The van der Waals surface area contributed by atoms with Crippen LogP contribution in [0.4, 0.5) is 5.69 Å². The Hall–Kier alpha value is -2.05. The van der Waals surface area contributed by atoms with E-state index >= 15 is 0 Å². The molecule has 0 aromatic heterocycles. The van der Waals surface area contributed by atoms with Crippen LogP contribution in [0, 0.1) is 0 Å². The van der Waals surface area contributed by atoms with Crippen molar-refractivity contribution in [1.29, 1.82) is 0 Å². The molecule has 0 radical (unpaired) electrons. The van der Waals surface area contributed by atoms with Crippen LogP contribution in [0.25, 0.3) is 0 Å². The van der Waals surface area contributed by atoms with Crippen molar-refractivity contribution in [3.8, 4) is 0 Å². The van der Waals surface area contributed by atoms with Gasteiger partial charge in [-0.1, -0.05) is 41.9 Å². The predicted octanol–water partition coefficient (Wildman–Crippen LogP) is 2.72. The SMILES string of the molecule is O=C(O)[C@H]1CN(S(=O)(=O)c2ccccc2Cl)c2ccccc21. The van der Waals surface area contributed by atoms with Crippen molar-refractivity contribution < 1.29 is 18.3 Å². The van der Waals surface area contributed by atoms with Gasteiger partial charge in [-0.25, -0.2) is 8.42 Å². The van der Waals surface area contributed by atoms with Crippen LogP contribution in [-0.4, -0.2) is 26.0 Å². The lowest BCUT2D eigenvalue weighted by Crippen LogP contribution is -2.31. The van der Waals surface area contributed by atoms with E-state index < -0.39 is 21.9 Å². The maximum absolute atomic E-state index is 12.8. The van der Waals surface area contributed by atoms with E-state index in [1.165, 1.54) is 12.1 Å². The molecule has 7 heteroatoms. The summed E-state index contributed by atoms with van der Waals surface area (Å²) in [6.07, 6.45) is 0. The fourth-order valence-corrected chi connectivity index (χ4v) is 4.58. The molecule has 5 nitrogen and oxygen atoms in total. The maximum Gasteiger partial charge on any atom is 0.312 e. The molecule has 0 unspecified atom stereocenters. The fourth-order valence-electron chi connectivity index (χ4n) is 2.58. The number of benzene rings is 2. The lowest BCUT2D eigenvalue weighted by atomic mass is 10.0. The Morgan fingerprint density at radius 2 is 1.77 bits per heavy atom. The van der Waals surface area contributed by atoms with E-state index in [1.54, 1.807) is 36.4 Å². The van der Waals surface area contributed by atoms with Gasteiger partial charge in [-0.3, -0.25) is 9.10 Å². The van der Waals surface area contributed by atoms with Crippen molar-refractivity contribution in [2.24, 2.45) is 0 Å². The third-order valence-electron chi connectivity index (χ3n) is 3.63. The average Bonchev–Trinajstić information content (AvgIpc) is 2.88. The molecule has 0 aliphatic carbocycles. The van der Waals surface area contributed by atoms with Crippen LogP contribution in [0.2, 0.25) is 5.02 Å². The van der Waals surface area contributed by atoms with Gasteiger partial charge in [0.25, 0.3) is 10.0 Å². The number of anilines is 1. The maximum atomic E-state index is 12.8. The van der Waals surface area contributed by atoms with E-state index in [0.717, 1.165) is 4.31 Å². The van der Waals surface area contributed by atoms with Crippen LogP contribution in [0.15, 0.2) is 53.4 Å². The third kappa shape index (κ3) is 2.24. The van der Waals surface area contributed by atoms with Gasteiger partial charge < -0.3 is 5.11 Å². The molecule has 0 fully saturated rings. The van der Waals surface area contributed by atoms with Gasteiger partial charge in [-0.2, -0.15) is 0 Å². The number of halogens is 1. The second-order valence-corrected chi connectivity index (χ2v) is 7.15. The van der Waals surface area contributed by atoms with E-state index in [4.69, 9.17) is 11.6 Å². The standard InChI is InChI=1S/C15H12ClNO4S/c16-12-6-2-4-8-14(12)22(20,21)17-9-11(15(18)19)10-5-1-3-7-13(10)17/h1-8,11H,9H2,(H,18,19)/t11-/m0/s1. The summed E-state index contributed by atoms with van der Waals surface area (Å²) in [7, 11) is -3.91. The number of carbonyl (C=O) groups is 1. The number of fused-ring (bicyclic) bond motifs is 1. The molecule has 0 saturated heterocycles. The molecule has 0 spiro atoms. The first kappa shape index (κ1) is 14.9. The second-order valence-electron chi connectivity index (χ2n) is 4.92. The Morgan fingerprint density at radius 1 is 1.14 bits per heavy atom. The summed E-state index contributed by atoms with van der Waals surface area (Å²) in [5.41, 5.74) is 0.875. The summed E-state index contributed by atoms with van der Waals surface area (Å²) < 4.78 is 26.8. The number of carboxylic acid groups (broad SMARTS) is 1. The van der Waals surface area contributed by atoms with Gasteiger partial charge in [-0.15, -0.1) is 0 Å². The Bertz CT molecular complexity index is 850. The molecule has 22 heavy (non-hydrogen) atoms. The van der Waals surface area contributed by atoms with Gasteiger partial charge in [-0.05, 0) is 23.8 Å². The van der Waals surface area contributed by atoms with Crippen molar-refractivity contribution in [2.45, 2.75) is 10.8 Å². The van der Waals surface area contributed by atoms with E-state index in [-0.39, 0.29) is 16.5 Å². The van der Waals surface area contributed by atoms with E-state index in [9.17, 15) is 18.3 Å². The smallest absolute Gasteiger partial charge is 0.312 e. The third-order valence-corrected chi connectivity index (χ3v) is 5.91.